The molecule has 0 spiro atoms. The zero-order valence-corrected chi connectivity index (χ0v) is 13.0. The van der Waals surface area contributed by atoms with Crippen molar-refractivity contribution >= 4 is 29.1 Å². The third-order valence-corrected chi connectivity index (χ3v) is 3.39. The van der Waals surface area contributed by atoms with Gasteiger partial charge in [-0.3, -0.25) is 9.59 Å². The largest absolute Gasteiger partial charge is 0.356 e. The maximum Gasteiger partial charge on any atom is 0.223 e. The van der Waals surface area contributed by atoms with Gasteiger partial charge in [0.2, 0.25) is 11.8 Å². The third-order valence-electron chi connectivity index (χ3n) is 2.98. The van der Waals surface area contributed by atoms with E-state index >= 15 is 0 Å². The highest BCUT2D eigenvalue weighted by Gasteiger charge is 2.14. The lowest BCUT2D eigenvalue weighted by atomic mass is 10.2. The average molecular weight is 297 g/mol. The molecule has 0 bridgehead atoms. The number of benzene rings is 1. The van der Waals surface area contributed by atoms with E-state index < -0.39 is 0 Å². The van der Waals surface area contributed by atoms with Gasteiger partial charge in [-0.2, -0.15) is 0 Å². The topological polar surface area (TPSA) is 49.4 Å². The summed E-state index contributed by atoms with van der Waals surface area (Å²) in [5.74, 6) is -0.149. The minimum Gasteiger partial charge on any atom is -0.356 e. The lowest BCUT2D eigenvalue weighted by Crippen LogP contribution is -2.34. The Bertz CT molecular complexity index is 489. The molecule has 0 aliphatic carbocycles. The van der Waals surface area contributed by atoms with Crippen molar-refractivity contribution in [3.63, 3.8) is 0 Å². The Morgan fingerprint density at radius 1 is 1.35 bits per heavy atom. The predicted molar refractivity (Wildman–Crippen MR) is 82.1 cm³/mol. The van der Waals surface area contributed by atoms with Crippen LogP contribution in [0.1, 0.15) is 32.3 Å². The predicted octanol–water partition coefficient (Wildman–Crippen LogP) is 2.92. The molecule has 0 saturated heterocycles. The van der Waals surface area contributed by atoms with Crippen molar-refractivity contribution in [2.75, 3.05) is 18.0 Å². The van der Waals surface area contributed by atoms with Crippen LogP contribution < -0.4 is 10.2 Å². The van der Waals surface area contributed by atoms with E-state index in [2.05, 4.69) is 5.32 Å². The molecule has 0 atom stereocenters. The van der Waals surface area contributed by atoms with Gasteiger partial charge in [-0.05, 0) is 31.0 Å². The second kappa shape index (κ2) is 7.90. The second-order valence-corrected chi connectivity index (χ2v) is 5.11. The molecule has 1 N–H and O–H groups in total. The smallest absolute Gasteiger partial charge is 0.223 e. The van der Waals surface area contributed by atoms with Gasteiger partial charge in [-0.25, -0.2) is 0 Å². The summed E-state index contributed by atoms with van der Waals surface area (Å²) in [5, 5.41) is 3.41. The third kappa shape index (κ3) is 4.85. The normalized spacial score (nSPS) is 10.2. The molecule has 20 heavy (non-hydrogen) atoms. The Morgan fingerprint density at radius 3 is 2.60 bits per heavy atom. The number of anilines is 1. The Hall–Kier alpha value is -1.55. The van der Waals surface area contributed by atoms with E-state index in [1.165, 1.54) is 6.92 Å². The molecule has 0 aromatic heterocycles. The quantitative estimate of drug-likeness (QED) is 0.877. The van der Waals surface area contributed by atoms with Crippen LogP contribution in [-0.2, 0) is 9.59 Å². The van der Waals surface area contributed by atoms with Gasteiger partial charge in [-0.1, -0.05) is 24.6 Å². The lowest BCUT2D eigenvalue weighted by molar-refractivity contribution is -0.121. The summed E-state index contributed by atoms with van der Waals surface area (Å²) in [7, 11) is 0. The standard InChI is InChI=1S/C15H21ClN2O2/c1-4-8-17-15(20)7-9-18(12(3)19)13-6-5-11(2)14(16)10-13/h5-6,10H,4,7-9H2,1-3H3,(H,17,20). The fourth-order valence-electron chi connectivity index (χ4n) is 1.78. The first kappa shape index (κ1) is 16.5. The number of carbonyl (C=O) groups is 2. The Labute approximate surface area is 125 Å². The van der Waals surface area contributed by atoms with Gasteiger partial charge in [-0.15, -0.1) is 0 Å². The van der Waals surface area contributed by atoms with Crippen molar-refractivity contribution in [2.24, 2.45) is 0 Å². The van der Waals surface area contributed by atoms with Crippen molar-refractivity contribution in [1.82, 2.24) is 5.32 Å². The molecular weight excluding hydrogens is 276 g/mol. The van der Waals surface area contributed by atoms with Gasteiger partial charge in [0.25, 0.3) is 0 Å². The average Bonchev–Trinajstić information content (AvgIpc) is 2.40. The number of hydrogen-bond donors (Lipinski definition) is 1. The minimum atomic E-state index is -0.104. The monoisotopic (exact) mass is 296 g/mol. The fourth-order valence-corrected chi connectivity index (χ4v) is 1.96. The highest BCUT2D eigenvalue weighted by molar-refractivity contribution is 6.31. The van der Waals surface area contributed by atoms with Crippen LogP contribution >= 0.6 is 11.6 Å². The van der Waals surface area contributed by atoms with Gasteiger partial charge in [0.05, 0.1) is 0 Å². The zero-order chi connectivity index (χ0) is 15.1. The fraction of sp³-hybridized carbons (Fsp3) is 0.467. The van der Waals surface area contributed by atoms with Crippen molar-refractivity contribution in [1.29, 1.82) is 0 Å². The lowest BCUT2D eigenvalue weighted by Gasteiger charge is -2.21. The van der Waals surface area contributed by atoms with Crippen LogP contribution in [0.3, 0.4) is 0 Å². The number of hydrogen-bond acceptors (Lipinski definition) is 2. The molecule has 0 unspecified atom stereocenters. The number of carbonyl (C=O) groups excluding carboxylic acids is 2. The SMILES string of the molecule is CCCNC(=O)CCN(C(C)=O)c1ccc(C)c(Cl)c1. The van der Waals surface area contributed by atoms with E-state index in [1.54, 1.807) is 11.0 Å². The molecule has 4 nitrogen and oxygen atoms in total. The molecule has 1 rings (SSSR count). The highest BCUT2D eigenvalue weighted by atomic mass is 35.5. The molecular formula is C15H21ClN2O2. The Balaban J connectivity index is 2.72. The molecule has 1 aromatic rings. The van der Waals surface area contributed by atoms with Gasteiger partial charge in [0.1, 0.15) is 0 Å². The van der Waals surface area contributed by atoms with Crippen LogP contribution in [0.5, 0.6) is 0 Å². The molecule has 0 radical (unpaired) electrons. The summed E-state index contributed by atoms with van der Waals surface area (Å²) < 4.78 is 0. The molecule has 2 amide bonds. The van der Waals surface area contributed by atoms with E-state index in [0.29, 0.717) is 18.1 Å². The number of nitrogens with zero attached hydrogens (tertiary/aromatic N) is 1. The number of nitrogens with one attached hydrogen (secondary N) is 1. The molecule has 0 heterocycles. The van der Waals surface area contributed by atoms with Gasteiger partial charge < -0.3 is 10.2 Å². The van der Waals surface area contributed by atoms with E-state index in [1.807, 2.05) is 26.0 Å². The molecule has 5 heteroatoms. The van der Waals surface area contributed by atoms with Crippen molar-refractivity contribution in [3.05, 3.63) is 28.8 Å². The van der Waals surface area contributed by atoms with E-state index in [-0.39, 0.29) is 18.2 Å². The first-order valence-electron chi connectivity index (χ1n) is 6.76. The van der Waals surface area contributed by atoms with E-state index in [0.717, 1.165) is 17.7 Å². The molecule has 110 valence electrons. The zero-order valence-electron chi connectivity index (χ0n) is 12.2. The highest BCUT2D eigenvalue weighted by Crippen LogP contribution is 2.23. The van der Waals surface area contributed by atoms with Crippen molar-refractivity contribution < 1.29 is 9.59 Å². The number of amides is 2. The molecule has 0 aliphatic heterocycles. The summed E-state index contributed by atoms with van der Waals surface area (Å²) in [6.45, 7) is 6.40. The maximum atomic E-state index is 11.7. The molecule has 0 aliphatic rings. The first-order chi connectivity index (χ1) is 9.45. The minimum absolute atomic E-state index is 0.0451. The Morgan fingerprint density at radius 2 is 2.05 bits per heavy atom. The van der Waals surface area contributed by atoms with Crippen LogP contribution in [-0.4, -0.2) is 24.9 Å². The van der Waals surface area contributed by atoms with E-state index in [4.69, 9.17) is 11.6 Å². The van der Waals surface area contributed by atoms with Crippen LogP contribution in [0.15, 0.2) is 18.2 Å². The summed E-state index contributed by atoms with van der Waals surface area (Å²) in [6, 6.07) is 5.46. The second-order valence-electron chi connectivity index (χ2n) is 4.70. The van der Waals surface area contributed by atoms with Crippen molar-refractivity contribution in [3.8, 4) is 0 Å². The summed E-state index contributed by atoms with van der Waals surface area (Å²) >= 11 is 6.08. The van der Waals surface area contributed by atoms with Crippen molar-refractivity contribution in [2.45, 2.75) is 33.6 Å². The summed E-state index contributed by atoms with van der Waals surface area (Å²) in [6.07, 6.45) is 1.18. The van der Waals surface area contributed by atoms with Gasteiger partial charge >= 0.3 is 0 Å². The first-order valence-corrected chi connectivity index (χ1v) is 7.14. The van der Waals surface area contributed by atoms with E-state index in [9.17, 15) is 9.59 Å². The number of aryl methyl sites for hydroxylation is 1. The maximum absolute atomic E-state index is 11.7. The van der Waals surface area contributed by atoms with Gasteiger partial charge in [0, 0.05) is 37.1 Å². The van der Waals surface area contributed by atoms with Crippen LogP contribution in [0.4, 0.5) is 5.69 Å². The van der Waals surface area contributed by atoms with Crippen LogP contribution in [0, 0.1) is 6.92 Å². The molecule has 0 saturated carbocycles. The summed E-state index contributed by atoms with van der Waals surface area (Å²) in [5.41, 5.74) is 1.68. The molecule has 0 fully saturated rings. The van der Waals surface area contributed by atoms with Gasteiger partial charge in [0.15, 0.2) is 0 Å². The summed E-state index contributed by atoms with van der Waals surface area (Å²) in [4.78, 5) is 24.9. The number of rotatable bonds is 6. The van der Waals surface area contributed by atoms with Crippen LogP contribution in [0.2, 0.25) is 5.02 Å². The molecule has 1 aromatic carbocycles. The van der Waals surface area contributed by atoms with Crippen LogP contribution in [0.25, 0.3) is 0 Å². The number of halogens is 1. The Kier molecular flexibility index (Phi) is 6.52.